The van der Waals surface area contributed by atoms with Crippen LogP contribution in [-0.4, -0.2) is 18.5 Å². The molecule has 0 aliphatic heterocycles. The molecule has 2 atom stereocenters. The van der Waals surface area contributed by atoms with Crippen LogP contribution in [0.25, 0.3) is 0 Å². The molecule has 1 heterocycles. The second kappa shape index (κ2) is 4.10. The van der Waals surface area contributed by atoms with Crippen molar-refractivity contribution in [1.29, 1.82) is 0 Å². The number of aromatic nitrogens is 3. The molecule has 0 bridgehead atoms. The first-order valence-electron chi connectivity index (χ1n) is 4.13. The number of rotatable bonds is 2. The van der Waals surface area contributed by atoms with Crippen LogP contribution in [0, 0.1) is 5.41 Å². The molecule has 0 saturated heterocycles. The number of alkyl halides is 3. The van der Waals surface area contributed by atoms with Crippen LogP contribution in [-0.2, 0) is 0 Å². The molecular weight excluding hydrogens is 333 g/mol. The SMILES string of the molecule is CC(C)(C)C(Cl)(Br)C(Br)n1cncn1. The molecule has 0 saturated carbocycles. The number of nitrogens with zero attached hydrogens (tertiary/aromatic N) is 3. The summed E-state index contributed by atoms with van der Waals surface area (Å²) >= 11 is 13.5. The molecule has 0 aliphatic carbocycles. The maximum absolute atomic E-state index is 6.44. The predicted molar refractivity (Wildman–Crippen MR) is 65.0 cm³/mol. The minimum absolute atomic E-state index is 0.116. The van der Waals surface area contributed by atoms with Crippen LogP contribution in [0.3, 0.4) is 0 Å². The first kappa shape index (κ1) is 12.5. The van der Waals surface area contributed by atoms with Gasteiger partial charge in [0.1, 0.15) is 21.4 Å². The van der Waals surface area contributed by atoms with E-state index in [4.69, 9.17) is 11.6 Å². The van der Waals surface area contributed by atoms with Gasteiger partial charge in [0.2, 0.25) is 0 Å². The fraction of sp³-hybridized carbons (Fsp3) is 0.750. The van der Waals surface area contributed by atoms with Crippen LogP contribution in [0.2, 0.25) is 0 Å². The summed E-state index contributed by atoms with van der Waals surface area (Å²) in [6, 6.07) is 0. The molecule has 14 heavy (non-hydrogen) atoms. The minimum atomic E-state index is -0.617. The summed E-state index contributed by atoms with van der Waals surface area (Å²) in [7, 11) is 0. The standard InChI is InChI=1S/C8H12Br2ClN3/c1-7(2,3)8(10,11)6(9)14-5-12-4-13-14/h4-6H,1-3H3. The minimum Gasteiger partial charge on any atom is -0.237 e. The van der Waals surface area contributed by atoms with Crippen LogP contribution in [0.15, 0.2) is 12.7 Å². The Morgan fingerprint density at radius 3 is 2.36 bits per heavy atom. The van der Waals surface area contributed by atoms with Gasteiger partial charge in [0.25, 0.3) is 0 Å². The molecule has 0 fully saturated rings. The van der Waals surface area contributed by atoms with Crippen molar-refractivity contribution in [3.05, 3.63) is 12.7 Å². The topological polar surface area (TPSA) is 30.7 Å². The van der Waals surface area contributed by atoms with Gasteiger partial charge in [-0.05, 0) is 5.41 Å². The highest BCUT2D eigenvalue weighted by Gasteiger charge is 2.45. The Morgan fingerprint density at radius 2 is 2.00 bits per heavy atom. The molecule has 6 heteroatoms. The van der Waals surface area contributed by atoms with Crippen molar-refractivity contribution >= 4 is 43.5 Å². The van der Waals surface area contributed by atoms with Crippen LogP contribution in [0.4, 0.5) is 0 Å². The Bertz CT molecular complexity index is 292. The van der Waals surface area contributed by atoms with E-state index in [2.05, 4.69) is 62.7 Å². The van der Waals surface area contributed by atoms with E-state index in [1.54, 1.807) is 11.0 Å². The van der Waals surface area contributed by atoms with Crippen molar-refractivity contribution in [1.82, 2.24) is 14.8 Å². The maximum Gasteiger partial charge on any atom is 0.138 e. The third-order valence-corrected chi connectivity index (χ3v) is 6.35. The summed E-state index contributed by atoms with van der Waals surface area (Å²) in [6.45, 7) is 6.17. The summed E-state index contributed by atoms with van der Waals surface area (Å²) in [5, 5.41) is 4.04. The van der Waals surface area contributed by atoms with Gasteiger partial charge in [-0.2, -0.15) is 5.10 Å². The van der Waals surface area contributed by atoms with Gasteiger partial charge in [0.05, 0.1) is 0 Å². The molecular formula is C8H12Br2ClN3. The highest BCUT2D eigenvalue weighted by molar-refractivity contribution is 9.12. The Morgan fingerprint density at radius 1 is 1.43 bits per heavy atom. The summed E-state index contributed by atoms with van der Waals surface area (Å²) < 4.78 is 1.06. The molecule has 0 aromatic carbocycles. The largest absolute Gasteiger partial charge is 0.237 e. The average Bonchev–Trinajstić information content (AvgIpc) is 2.52. The van der Waals surface area contributed by atoms with Crippen molar-refractivity contribution in [3.63, 3.8) is 0 Å². The molecule has 1 rings (SSSR count). The normalized spacial score (nSPS) is 19.0. The van der Waals surface area contributed by atoms with Gasteiger partial charge in [0, 0.05) is 0 Å². The van der Waals surface area contributed by atoms with Crippen LogP contribution in [0.1, 0.15) is 25.7 Å². The lowest BCUT2D eigenvalue weighted by molar-refractivity contribution is 0.325. The highest BCUT2D eigenvalue weighted by Crippen LogP contribution is 2.51. The van der Waals surface area contributed by atoms with Gasteiger partial charge < -0.3 is 0 Å². The summed E-state index contributed by atoms with van der Waals surface area (Å²) in [5.41, 5.74) is -0.116. The molecule has 0 amide bonds. The quantitative estimate of drug-likeness (QED) is 0.768. The van der Waals surface area contributed by atoms with E-state index in [0.29, 0.717) is 0 Å². The fourth-order valence-corrected chi connectivity index (χ4v) is 2.07. The zero-order valence-electron chi connectivity index (χ0n) is 8.21. The van der Waals surface area contributed by atoms with Gasteiger partial charge in [-0.25, -0.2) is 9.67 Å². The average molecular weight is 345 g/mol. The maximum atomic E-state index is 6.44. The highest BCUT2D eigenvalue weighted by atomic mass is 79.9. The van der Waals surface area contributed by atoms with E-state index in [-0.39, 0.29) is 10.4 Å². The molecule has 0 spiro atoms. The van der Waals surface area contributed by atoms with E-state index in [1.165, 1.54) is 6.33 Å². The number of halogens is 3. The predicted octanol–water partition coefficient (Wildman–Crippen LogP) is 3.55. The fourth-order valence-electron chi connectivity index (χ4n) is 0.858. The number of hydrogen-bond donors (Lipinski definition) is 0. The first-order chi connectivity index (χ1) is 6.27. The first-order valence-corrected chi connectivity index (χ1v) is 6.21. The third kappa shape index (κ3) is 2.31. The summed E-state index contributed by atoms with van der Waals surface area (Å²) in [6.07, 6.45) is 3.11. The Kier molecular flexibility index (Phi) is 3.65. The van der Waals surface area contributed by atoms with Gasteiger partial charge in [-0.1, -0.05) is 52.6 Å². The lowest BCUT2D eigenvalue weighted by atomic mass is 9.91. The Hall–Kier alpha value is 0.390. The van der Waals surface area contributed by atoms with Gasteiger partial charge in [-0.3, -0.25) is 0 Å². The van der Waals surface area contributed by atoms with Crippen molar-refractivity contribution in [2.45, 2.75) is 29.5 Å². The van der Waals surface area contributed by atoms with E-state index in [1.807, 2.05) is 0 Å². The zero-order valence-corrected chi connectivity index (χ0v) is 12.1. The van der Waals surface area contributed by atoms with E-state index < -0.39 is 3.78 Å². The van der Waals surface area contributed by atoms with E-state index in [9.17, 15) is 0 Å². The van der Waals surface area contributed by atoms with Crippen molar-refractivity contribution in [2.24, 2.45) is 5.41 Å². The van der Waals surface area contributed by atoms with Crippen LogP contribution in [0.5, 0.6) is 0 Å². The van der Waals surface area contributed by atoms with Crippen molar-refractivity contribution in [2.75, 3.05) is 0 Å². The molecule has 0 aliphatic rings. The van der Waals surface area contributed by atoms with Crippen LogP contribution < -0.4 is 0 Å². The lowest BCUT2D eigenvalue weighted by Gasteiger charge is -2.37. The summed E-state index contributed by atoms with van der Waals surface area (Å²) in [4.78, 5) is 3.73. The Labute approximate surface area is 105 Å². The van der Waals surface area contributed by atoms with E-state index in [0.717, 1.165) is 0 Å². The van der Waals surface area contributed by atoms with Crippen molar-refractivity contribution in [3.8, 4) is 0 Å². The smallest absolute Gasteiger partial charge is 0.138 e. The molecule has 3 nitrogen and oxygen atoms in total. The molecule has 1 aromatic rings. The van der Waals surface area contributed by atoms with Crippen molar-refractivity contribution < 1.29 is 0 Å². The molecule has 0 N–H and O–H groups in total. The third-order valence-electron chi connectivity index (χ3n) is 1.97. The second-order valence-electron chi connectivity index (χ2n) is 4.08. The molecule has 0 radical (unpaired) electrons. The lowest BCUT2D eigenvalue weighted by Crippen LogP contribution is -2.37. The van der Waals surface area contributed by atoms with Crippen LogP contribution >= 0.6 is 43.5 Å². The van der Waals surface area contributed by atoms with Gasteiger partial charge in [-0.15, -0.1) is 11.6 Å². The summed E-state index contributed by atoms with van der Waals surface area (Å²) in [5.74, 6) is 0. The van der Waals surface area contributed by atoms with Gasteiger partial charge in [0.15, 0.2) is 0 Å². The van der Waals surface area contributed by atoms with E-state index >= 15 is 0 Å². The molecule has 80 valence electrons. The molecule has 2 unspecified atom stereocenters. The monoisotopic (exact) mass is 343 g/mol. The molecule has 1 aromatic heterocycles. The Balaban J connectivity index is 2.94. The second-order valence-corrected chi connectivity index (χ2v) is 7.26. The number of hydrogen-bond acceptors (Lipinski definition) is 2. The zero-order chi connectivity index (χ0) is 11.0. The van der Waals surface area contributed by atoms with Gasteiger partial charge >= 0.3 is 0 Å².